The summed E-state index contributed by atoms with van der Waals surface area (Å²) < 4.78 is 15.0. The molecule has 24 heavy (non-hydrogen) atoms. The maximum absolute atomic E-state index is 13.3. The van der Waals surface area contributed by atoms with Crippen LogP contribution in [-0.4, -0.2) is 4.57 Å². The van der Waals surface area contributed by atoms with E-state index in [1.807, 2.05) is 60.7 Å². The highest BCUT2D eigenvalue weighted by Gasteiger charge is 2.12. The average molecular weight is 315 g/mol. The van der Waals surface area contributed by atoms with E-state index >= 15 is 0 Å². The number of benzene rings is 3. The van der Waals surface area contributed by atoms with Crippen molar-refractivity contribution in [3.8, 4) is 16.9 Å². The first kappa shape index (κ1) is 14.4. The first-order valence-corrected chi connectivity index (χ1v) is 7.70. The van der Waals surface area contributed by atoms with E-state index < -0.39 is 0 Å². The van der Waals surface area contributed by atoms with Gasteiger partial charge in [-0.25, -0.2) is 4.39 Å². The van der Waals surface area contributed by atoms with Gasteiger partial charge in [0, 0.05) is 11.1 Å². The SMILES string of the molecule is O=c1c2ccccc2cc(-c2ccc(F)cc2)n1-c1ccccc1. The largest absolute Gasteiger partial charge is 0.276 e. The zero-order chi connectivity index (χ0) is 16.5. The first-order valence-electron chi connectivity index (χ1n) is 7.70. The third kappa shape index (κ3) is 2.40. The summed E-state index contributed by atoms with van der Waals surface area (Å²) in [6.45, 7) is 0. The van der Waals surface area contributed by atoms with Gasteiger partial charge < -0.3 is 0 Å². The van der Waals surface area contributed by atoms with Crippen LogP contribution in [0, 0.1) is 5.82 Å². The number of nitrogens with zero attached hydrogens (tertiary/aromatic N) is 1. The van der Waals surface area contributed by atoms with Gasteiger partial charge in [0.15, 0.2) is 0 Å². The molecule has 2 nitrogen and oxygen atoms in total. The summed E-state index contributed by atoms with van der Waals surface area (Å²) >= 11 is 0. The predicted octanol–water partition coefficient (Wildman–Crippen LogP) is 4.80. The number of para-hydroxylation sites is 1. The monoisotopic (exact) mass is 315 g/mol. The molecule has 0 radical (unpaired) electrons. The number of rotatable bonds is 2. The quantitative estimate of drug-likeness (QED) is 0.521. The number of pyridine rings is 1. The van der Waals surface area contributed by atoms with E-state index in [0.717, 1.165) is 22.3 Å². The van der Waals surface area contributed by atoms with Crippen LogP contribution in [0.3, 0.4) is 0 Å². The molecule has 0 spiro atoms. The van der Waals surface area contributed by atoms with Crippen LogP contribution >= 0.6 is 0 Å². The lowest BCUT2D eigenvalue weighted by molar-refractivity contribution is 0.628. The number of halogens is 1. The van der Waals surface area contributed by atoms with Gasteiger partial charge in [-0.1, -0.05) is 36.4 Å². The van der Waals surface area contributed by atoms with Crippen LogP contribution in [-0.2, 0) is 0 Å². The van der Waals surface area contributed by atoms with Gasteiger partial charge in [0.1, 0.15) is 5.82 Å². The van der Waals surface area contributed by atoms with Crippen molar-refractivity contribution in [2.75, 3.05) is 0 Å². The van der Waals surface area contributed by atoms with Crippen molar-refractivity contribution >= 4 is 10.8 Å². The number of hydrogen-bond acceptors (Lipinski definition) is 1. The Hall–Kier alpha value is -3.20. The van der Waals surface area contributed by atoms with Crippen molar-refractivity contribution < 1.29 is 4.39 Å². The molecule has 0 bridgehead atoms. The topological polar surface area (TPSA) is 22.0 Å². The second kappa shape index (κ2) is 5.78. The van der Waals surface area contributed by atoms with Gasteiger partial charge >= 0.3 is 0 Å². The fourth-order valence-electron chi connectivity index (χ4n) is 2.93. The van der Waals surface area contributed by atoms with Crippen molar-refractivity contribution in [1.29, 1.82) is 0 Å². The van der Waals surface area contributed by atoms with E-state index in [2.05, 4.69) is 0 Å². The highest BCUT2D eigenvalue weighted by molar-refractivity contribution is 5.86. The van der Waals surface area contributed by atoms with E-state index in [1.54, 1.807) is 16.7 Å². The second-order valence-electron chi connectivity index (χ2n) is 5.60. The molecule has 4 rings (SSSR count). The lowest BCUT2D eigenvalue weighted by Crippen LogP contribution is -2.20. The van der Waals surface area contributed by atoms with Crippen LogP contribution in [0.1, 0.15) is 0 Å². The third-order valence-corrected chi connectivity index (χ3v) is 4.08. The Bertz CT molecular complexity index is 1070. The summed E-state index contributed by atoms with van der Waals surface area (Å²) in [5, 5.41) is 1.53. The molecule has 3 heteroatoms. The van der Waals surface area contributed by atoms with Crippen LogP contribution in [0.2, 0.25) is 0 Å². The van der Waals surface area contributed by atoms with Crippen LogP contribution in [0.4, 0.5) is 4.39 Å². The average Bonchev–Trinajstić information content (AvgIpc) is 2.63. The minimum absolute atomic E-state index is 0.0846. The van der Waals surface area contributed by atoms with Gasteiger partial charge in [0.2, 0.25) is 0 Å². The van der Waals surface area contributed by atoms with Crippen molar-refractivity contribution in [2.45, 2.75) is 0 Å². The maximum Gasteiger partial charge on any atom is 0.263 e. The Balaban J connectivity index is 2.11. The summed E-state index contributed by atoms with van der Waals surface area (Å²) in [5.41, 5.74) is 2.24. The maximum atomic E-state index is 13.3. The van der Waals surface area contributed by atoms with Crippen LogP contribution in [0.5, 0.6) is 0 Å². The Morgan fingerprint density at radius 1 is 0.750 bits per heavy atom. The smallest absolute Gasteiger partial charge is 0.263 e. The van der Waals surface area contributed by atoms with E-state index in [4.69, 9.17) is 0 Å². The molecule has 0 aliphatic rings. The molecule has 3 aromatic carbocycles. The van der Waals surface area contributed by atoms with E-state index in [0.29, 0.717) is 5.39 Å². The lowest BCUT2D eigenvalue weighted by Gasteiger charge is -2.15. The summed E-state index contributed by atoms with van der Waals surface area (Å²) in [5.74, 6) is -0.298. The highest BCUT2D eigenvalue weighted by atomic mass is 19.1. The number of fused-ring (bicyclic) bond motifs is 1. The zero-order valence-electron chi connectivity index (χ0n) is 12.8. The van der Waals surface area contributed by atoms with Gasteiger partial charge in [0.05, 0.1) is 5.69 Å². The fourth-order valence-corrected chi connectivity index (χ4v) is 2.93. The molecule has 0 atom stereocenters. The van der Waals surface area contributed by atoms with Crippen molar-refractivity contribution in [3.63, 3.8) is 0 Å². The normalized spacial score (nSPS) is 10.9. The number of aromatic nitrogens is 1. The highest BCUT2D eigenvalue weighted by Crippen LogP contribution is 2.25. The van der Waals surface area contributed by atoms with Crippen molar-refractivity contribution in [3.05, 3.63) is 101 Å². The first-order chi connectivity index (χ1) is 11.7. The molecular weight excluding hydrogens is 301 g/mol. The molecule has 0 aliphatic heterocycles. The minimum Gasteiger partial charge on any atom is -0.276 e. The van der Waals surface area contributed by atoms with Gasteiger partial charge in [-0.15, -0.1) is 0 Å². The van der Waals surface area contributed by atoms with E-state index in [-0.39, 0.29) is 11.4 Å². The predicted molar refractivity (Wildman–Crippen MR) is 94.9 cm³/mol. The third-order valence-electron chi connectivity index (χ3n) is 4.08. The minimum atomic E-state index is -0.298. The van der Waals surface area contributed by atoms with Crippen molar-refractivity contribution in [1.82, 2.24) is 4.57 Å². The molecule has 4 aromatic rings. The molecule has 1 aromatic heterocycles. The van der Waals surface area contributed by atoms with Gasteiger partial charge in [0.25, 0.3) is 5.56 Å². The second-order valence-corrected chi connectivity index (χ2v) is 5.60. The van der Waals surface area contributed by atoms with Crippen molar-refractivity contribution in [2.24, 2.45) is 0 Å². The van der Waals surface area contributed by atoms with E-state index in [9.17, 15) is 9.18 Å². The molecule has 0 fully saturated rings. The number of hydrogen-bond donors (Lipinski definition) is 0. The van der Waals surface area contributed by atoms with Gasteiger partial charge in [-0.2, -0.15) is 0 Å². The molecule has 0 aliphatic carbocycles. The van der Waals surface area contributed by atoms with E-state index in [1.165, 1.54) is 12.1 Å². The summed E-state index contributed by atoms with van der Waals surface area (Å²) in [6, 6.07) is 25.2. The Labute approximate surface area is 138 Å². The molecular formula is C21H14FNO. The van der Waals surface area contributed by atoms with Crippen LogP contribution in [0.15, 0.2) is 89.7 Å². The van der Waals surface area contributed by atoms with Crippen LogP contribution < -0.4 is 5.56 Å². The Morgan fingerprint density at radius 2 is 1.42 bits per heavy atom. The fraction of sp³-hybridized carbons (Fsp3) is 0. The molecule has 0 N–H and O–H groups in total. The standard InChI is InChI=1S/C21H14FNO/c22-17-12-10-15(11-13-17)20-14-16-6-4-5-9-19(16)21(24)23(20)18-7-2-1-3-8-18/h1-14H. The molecule has 116 valence electrons. The molecule has 1 heterocycles. The molecule has 0 unspecified atom stereocenters. The van der Waals surface area contributed by atoms with Gasteiger partial charge in [-0.3, -0.25) is 9.36 Å². The van der Waals surface area contributed by atoms with Crippen LogP contribution in [0.25, 0.3) is 27.7 Å². The summed E-state index contributed by atoms with van der Waals surface area (Å²) in [6.07, 6.45) is 0. The lowest BCUT2D eigenvalue weighted by atomic mass is 10.1. The summed E-state index contributed by atoms with van der Waals surface area (Å²) in [7, 11) is 0. The molecule has 0 saturated carbocycles. The molecule has 0 saturated heterocycles. The Morgan fingerprint density at radius 3 is 2.17 bits per heavy atom. The molecule has 0 amide bonds. The van der Waals surface area contributed by atoms with Gasteiger partial charge in [-0.05, 0) is 59.5 Å². The zero-order valence-corrected chi connectivity index (χ0v) is 12.8. The Kier molecular flexibility index (Phi) is 3.47. The summed E-state index contributed by atoms with van der Waals surface area (Å²) in [4.78, 5) is 13.1.